The second-order valence-electron chi connectivity index (χ2n) is 25.3. The molecule has 21 nitrogen and oxygen atoms in total. The van der Waals surface area contributed by atoms with Gasteiger partial charge in [-0.25, -0.2) is 24.0 Å². The van der Waals surface area contributed by atoms with Crippen LogP contribution >= 0.6 is 73.9 Å². The Morgan fingerprint density at radius 3 is 1.20 bits per heavy atom. The average molecular weight is 1570 g/mol. The standard InChI is InChI=1S/C25H22ClF3N4O3.C24H21BrCl2N4O3.C24H22Cl2N4O3/c1-13-8-17(33-12-16(26)11-31-33)9-14(2)21(13)22-19(34)10-15(23(22)35)6-7-30-24(36)18-4-3-5-20(32-18)25(27,28)29;1-12-7-16(31-11-15(26)10-29-31)8-13(2)20(12)21-18(32)9-14(23(21)33)5-6-28-24(34)22-17(25)3-4-19(27)30-22;1-13-7-18(30-12-17(26)11-29-30)8-14(2)21(13)22-20(31)9-15(23(22)32)3-5-28-24(33)19-10-16(25)4-6-27-19/h3-5,8-9,11-12,15,22H,6-7,10H2,1-2H3,(H,30,36);3-4,7-8,10-11,14,21H,5-6,9H2,1-2H3,(H,28,34);4,6-8,10-12,15,22H,3,5,9H2,1-2H3,(H,28,33). The summed E-state index contributed by atoms with van der Waals surface area (Å²) in [5, 5.41) is 22.8. The summed E-state index contributed by atoms with van der Waals surface area (Å²) in [6.07, 6.45) is 7.76. The molecule has 3 N–H and O–H groups in total. The number of carbonyl (C=O) groups is 9. The molecular weight excluding hydrogens is 1500 g/mol. The molecule has 0 saturated heterocycles. The number of nitrogens with zero attached hydrogens (tertiary/aromatic N) is 9. The third-order valence-electron chi connectivity index (χ3n) is 18.0. The van der Waals surface area contributed by atoms with Crippen molar-refractivity contribution in [1.82, 2.24) is 60.2 Å². The molecule has 534 valence electrons. The summed E-state index contributed by atoms with van der Waals surface area (Å²) < 4.78 is 44.0. The highest BCUT2D eigenvalue weighted by atomic mass is 79.9. The van der Waals surface area contributed by atoms with Gasteiger partial charge in [-0.15, -0.1) is 0 Å². The maximum Gasteiger partial charge on any atom is 0.433 e. The molecule has 0 bridgehead atoms. The van der Waals surface area contributed by atoms with Crippen LogP contribution in [0.4, 0.5) is 13.2 Å². The monoisotopic (exact) mass is 1560 g/mol. The van der Waals surface area contributed by atoms with Crippen LogP contribution in [0.15, 0.2) is 127 Å². The van der Waals surface area contributed by atoms with Crippen molar-refractivity contribution in [2.75, 3.05) is 19.6 Å². The number of amides is 3. The van der Waals surface area contributed by atoms with E-state index < -0.39 is 59.2 Å². The van der Waals surface area contributed by atoms with Crippen molar-refractivity contribution in [2.24, 2.45) is 17.8 Å². The lowest BCUT2D eigenvalue weighted by Gasteiger charge is -2.17. The largest absolute Gasteiger partial charge is 0.433 e. The quantitative estimate of drug-likeness (QED) is 0.0532. The molecule has 3 fully saturated rings. The molecule has 0 aliphatic heterocycles. The summed E-state index contributed by atoms with van der Waals surface area (Å²) >= 11 is 33.0. The van der Waals surface area contributed by atoms with Crippen molar-refractivity contribution in [3.8, 4) is 17.1 Å². The van der Waals surface area contributed by atoms with Crippen LogP contribution < -0.4 is 16.0 Å². The minimum atomic E-state index is -4.66. The molecule has 3 aliphatic carbocycles. The van der Waals surface area contributed by atoms with Gasteiger partial charge < -0.3 is 16.0 Å². The van der Waals surface area contributed by atoms with Gasteiger partial charge in [-0.1, -0.05) is 64.1 Å². The van der Waals surface area contributed by atoms with Crippen molar-refractivity contribution in [3.63, 3.8) is 0 Å². The van der Waals surface area contributed by atoms with Gasteiger partial charge >= 0.3 is 6.18 Å². The SMILES string of the molecule is Cc1cc(-n2cc(Cl)cn2)cc(C)c1C1C(=O)CC(CCNC(=O)c2cc(Cl)ccn2)C1=O.Cc1cc(-n2cc(Cl)cn2)cc(C)c1C1C(=O)CC(CCNC(=O)c2cccc(C(F)(F)F)n2)C1=O.Cc1cc(-n2cc(Cl)cn2)cc(C)c1C1C(=O)CC(CCNC(=O)c2nc(Cl)ccc2Br)C1=O. The van der Waals surface area contributed by atoms with Crippen molar-refractivity contribution >= 4 is 126 Å². The first-order valence-electron chi connectivity index (χ1n) is 32.3. The summed E-state index contributed by atoms with van der Waals surface area (Å²) in [6, 6.07) is 20.6. The van der Waals surface area contributed by atoms with Gasteiger partial charge in [0, 0.05) is 90.9 Å². The molecule has 0 radical (unpaired) electrons. The molecule has 103 heavy (non-hydrogen) atoms. The van der Waals surface area contributed by atoms with E-state index in [0.717, 1.165) is 73.7 Å². The van der Waals surface area contributed by atoms with Crippen LogP contribution in [0.25, 0.3) is 17.1 Å². The summed E-state index contributed by atoms with van der Waals surface area (Å²) in [7, 11) is 0. The fraction of sp³-hybridized carbons (Fsp3) is 0.301. The number of aryl methyl sites for hydroxylation is 6. The second-order valence-corrected chi connectivity index (χ2v) is 28.2. The molecular formula is C73H65BrCl5F3N12O9. The molecule has 6 heterocycles. The Morgan fingerprint density at radius 2 is 0.854 bits per heavy atom. The molecule has 30 heteroatoms. The first-order valence-corrected chi connectivity index (χ1v) is 35.0. The van der Waals surface area contributed by atoms with Crippen LogP contribution in [0.2, 0.25) is 25.2 Å². The van der Waals surface area contributed by atoms with E-state index in [0.29, 0.717) is 43.0 Å². The molecule has 6 aromatic heterocycles. The van der Waals surface area contributed by atoms with E-state index in [2.05, 4.69) is 62.1 Å². The van der Waals surface area contributed by atoms with Gasteiger partial charge in [0.1, 0.15) is 63.0 Å². The Hall–Kier alpha value is -9.11. The number of rotatable bonds is 18. The summed E-state index contributed by atoms with van der Waals surface area (Å²) in [5.41, 5.74) is 8.31. The van der Waals surface area contributed by atoms with Crippen LogP contribution in [-0.2, 0) is 34.9 Å². The molecule has 9 aromatic rings. The van der Waals surface area contributed by atoms with Gasteiger partial charge in [0.2, 0.25) is 0 Å². The normalized spacial score (nSPS) is 18.0. The molecule has 0 spiro atoms. The smallest absolute Gasteiger partial charge is 0.351 e. The van der Waals surface area contributed by atoms with E-state index in [4.69, 9.17) is 58.0 Å². The number of hydrogen-bond acceptors (Lipinski definition) is 15. The topological polar surface area (TPSA) is 282 Å². The number of ketones is 6. The van der Waals surface area contributed by atoms with E-state index in [-0.39, 0.29) is 108 Å². The lowest BCUT2D eigenvalue weighted by molar-refractivity contribution is -0.141. The van der Waals surface area contributed by atoms with Crippen molar-refractivity contribution in [2.45, 2.75) is 104 Å². The zero-order chi connectivity index (χ0) is 74.5. The van der Waals surface area contributed by atoms with E-state index in [1.54, 1.807) is 63.2 Å². The summed E-state index contributed by atoms with van der Waals surface area (Å²) in [4.78, 5) is 126. The number of benzene rings is 3. The van der Waals surface area contributed by atoms with E-state index in [1.165, 1.54) is 24.5 Å². The van der Waals surface area contributed by atoms with Crippen molar-refractivity contribution < 1.29 is 56.3 Å². The highest BCUT2D eigenvalue weighted by Gasteiger charge is 2.46. The molecule has 3 aromatic carbocycles. The number of pyridine rings is 3. The molecule has 3 amide bonds. The van der Waals surface area contributed by atoms with Crippen molar-refractivity contribution in [1.29, 1.82) is 0 Å². The van der Waals surface area contributed by atoms with Gasteiger partial charge in [0.05, 0.1) is 50.7 Å². The Kier molecular flexibility index (Phi) is 24.3. The second kappa shape index (κ2) is 32.7. The molecule has 3 aliphatic rings. The van der Waals surface area contributed by atoms with E-state index in [9.17, 15) is 56.3 Å². The van der Waals surface area contributed by atoms with Gasteiger partial charge in [0.25, 0.3) is 17.7 Å². The third kappa shape index (κ3) is 17.9. The first kappa shape index (κ1) is 76.5. The van der Waals surface area contributed by atoms with E-state index in [1.807, 2.05) is 77.9 Å². The van der Waals surface area contributed by atoms with Crippen LogP contribution in [0.5, 0.6) is 0 Å². The molecule has 6 unspecified atom stereocenters. The maximum absolute atomic E-state index is 13.2. The van der Waals surface area contributed by atoms with E-state index >= 15 is 0 Å². The zero-order valence-electron chi connectivity index (χ0n) is 56.0. The zero-order valence-corrected chi connectivity index (χ0v) is 61.3. The summed E-state index contributed by atoms with van der Waals surface area (Å²) in [6.45, 7) is 11.7. The Balaban J connectivity index is 0.000000166. The number of alkyl halides is 3. The van der Waals surface area contributed by atoms with Crippen molar-refractivity contribution in [3.05, 3.63) is 225 Å². The fourth-order valence-electron chi connectivity index (χ4n) is 13.3. The fourth-order valence-corrected chi connectivity index (χ4v) is 14.4. The number of aromatic nitrogens is 9. The predicted octanol–water partition coefficient (Wildman–Crippen LogP) is 13.9. The molecule has 6 atom stereocenters. The third-order valence-corrected chi connectivity index (χ3v) is 19.7. The molecule has 3 saturated carbocycles. The van der Waals surface area contributed by atoms with Gasteiger partial charge in [-0.3, -0.25) is 48.1 Å². The minimum Gasteiger partial charge on any atom is -0.351 e. The Labute approximate surface area is 622 Å². The number of carbonyl (C=O) groups excluding carboxylic acids is 9. The number of hydrogen-bond donors (Lipinski definition) is 3. The molecule has 12 rings (SSSR count). The maximum atomic E-state index is 13.2. The Morgan fingerprint density at radius 1 is 0.485 bits per heavy atom. The average Bonchev–Trinajstić information content (AvgIpc) is 1.67. The lowest BCUT2D eigenvalue weighted by Crippen LogP contribution is -2.28. The lowest BCUT2D eigenvalue weighted by atomic mass is 9.87. The predicted molar refractivity (Wildman–Crippen MR) is 383 cm³/mol. The first-order chi connectivity index (χ1) is 48.8. The number of nitrogens with one attached hydrogen (secondary N) is 3. The van der Waals surface area contributed by atoms with Crippen LogP contribution in [0.3, 0.4) is 0 Å². The van der Waals surface area contributed by atoms with Gasteiger partial charge in [0.15, 0.2) is 17.3 Å². The van der Waals surface area contributed by atoms with Crippen LogP contribution in [0, 0.1) is 59.3 Å². The van der Waals surface area contributed by atoms with Crippen LogP contribution in [0.1, 0.15) is 144 Å². The highest BCUT2D eigenvalue weighted by molar-refractivity contribution is 9.10. The van der Waals surface area contributed by atoms with Crippen LogP contribution in [-0.4, -0.2) is 116 Å². The number of Topliss-reactive ketones (excluding diaryl/α,β-unsaturated/α-hetero) is 6. The van der Waals surface area contributed by atoms with Gasteiger partial charge in [-0.2, -0.15) is 28.5 Å². The Bertz CT molecular complexity index is 4800. The summed E-state index contributed by atoms with van der Waals surface area (Å²) in [5.74, 6) is -6.32. The van der Waals surface area contributed by atoms with Gasteiger partial charge in [-0.05, 0) is 200 Å². The highest BCUT2D eigenvalue weighted by Crippen LogP contribution is 2.41. The minimum absolute atomic E-state index is 0.0180. The number of halogens is 9.